The molecule has 1 aliphatic heterocycles. The first kappa shape index (κ1) is 10.1. The van der Waals surface area contributed by atoms with Gasteiger partial charge in [-0.1, -0.05) is 0 Å². The standard InChI is InChI=1S/C11H11FN2OS/c1-16-11-9-4-7(12)2-3-10(9)14(13-11)8-5-15-6-8/h2-4,8H,5-6H2,1H3. The lowest BCUT2D eigenvalue weighted by Gasteiger charge is -2.26. The van der Waals surface area contributed by atoms with Crippen LogP contribution in [0.4, 0.5) is 4.39 Å². The van der Waals surface area contributed by atoms with E-state index in [2.05, 4.69) is 5.10 Å². The predicted molar refractivity (Wildman–Crippen MR) is 61.3 cm³/mol. The van der Waals surface area contributed by atoms with Gasteiger partial charge < -0.3 is 4.74 Å². The zero-order valence-corrected chi connectivity index (χ0v) is 9.63. The van der Waals surface area contributed by atoms with Gasteiger partial charge in [0.25, 0.3) is 0 Å². The summed E-state index contributed by atoms with van der Waals surface area (Å²) < 4.78 is 20.3. The monoisotopic (exact) mass is 238 g/mol. The minimum Gasteiger partial charge on any atom is -0.377 e. The topological polar surface area (TPSA) is 27.1 Å². The minimum absolute atomic E-state index is 0.216. The van der Waals surface area contributed by atoms with Gasteiger partial charge in [-0.05, 0) is 24.5 Å². The van der Waals surface area contributed by atoms with Crippen molar-refractivity contribution in [3.8, 4) is 0 Å². The quantitative estimate of drug-likeness (QED) is 0.752. The molecule has 1 fully saturated rings. The summed E-state index contributed by atoms with van der Waals surface area (Å²) in [7, 11) is 0. The maximum Gasteiger partial charge on any atom is 0.126 e. The van der Waals surface area contributed by atoms with E-state index in [4.69, 9.17) is 4.74 Å². The molecule has 0 atom stereocenters. The van der Waals surface area contributed by atoms with Crippen molar-refractivity contribution < 1.29 is 9.13 Å². The van der Waals surface area contributed by atoms with Crippen LogP contribution in [-0.2, 0) is 4.74 Å². The Morgan fingerprint density at radius 1 is 1.50 bits per heavy atom. The van der Waals surface area contributed by atoms with E-state index in [0.29, 0.717) is 19.3 Å². The van der Waals surface area contributed by atoms with Crippen LogP contribution in [0.2, 0.25) is 0 Å². The van der Waals surface area contributed by atoms with Crippen molar-refractivity contribution >= 4 is 22.7 Å². The van der Waals surface area contributed by atoms with Gasteiger partial charge in [-0.3, -0.25) is 4.68 Å². The normalized spacial score (nSPS) is 16.6. The Balaban J connectivity index is 2.21. The van der Waals surface area contributed by atoms with Gasteiger partial charge in [0.05, 0.1) is 24.8 Å². The second kappa shape index (κ2) is 3.75. The molecule has 1 saturated heterocycles. The largest absolute Gasteiger partial charge is 0.377 e. The Morgan fingerprint density at radius 2 is 2.31 bits per heavy atom. The van der Waals surface area contributed by atoms with Crippen LogP contribution < -0.4 is 0 Å². The molecule has 84 valence electrons. The van der Waals surface area contributed by atoms with Crippen LogP contribution in [0.15, 0.2) is 23.2 Å². The Bertz CT molecular complexity index is 536. The summed E-state index contributed by atoms with van der Waals surface area (Å²) in [5.41, 5.74) is 0.985. The van der Waals surface area contributed by atoms with Gasteiger partial charge in [-0.15, -0.1) is 11.8 Å². The van der Waals surface area contributed by atoms with Gasteiger partial charge >= 0.3 is 0 Å². The lowest BCUT2D eigenvalue weighted by molar-refractivity contribution is -0.0271. The molecule has 1 aromatic heterocycles. The van der Waals surface area contributed by atoms with E-state index in [1.807, 2.05) is 10.9 Å². The molecule has 0 saturated carbocycles. The molecule has 2 heterocycles. The number of aromatic nitrogens is 2. The summed E-state index contributed by atoms with van der Waals surface area (Å²) in [5.74, 6) is -0.216. The van der Waals surface area contributed by atoms with Crippen molar-refractivity contribution in [1.82, 2.24) is 9.78 Å². The van der Waals surface area contributed by atoms with Gasteiger partial charge in [-0.25, -0.2) is 4.39 Å². The van der Waals surface area contributed by atoms with Crippen LogP contribution in [-0.4, -0.2) is 29.3 Å². The average molecular weight is 238 g/mol. The summed E-state index contributed by atoms with van der Waals surface area (Å²) in [6, 6.07) is 5.11. The van der Waals surface area contributed by atoms with Crippen molar-refractivity contribution in [1.29, 1.82) is 0 Å². The first-order valence-corrected chi connectivity index (χ1v) is 6.31. The van der Waals surface area contributed by atoms with Crippen molar-refractivity contribution in [2.75, 3.05) is 19.5 Å². The molecule has 0 aliphatic carbocycles. The van der Waals surface area contributed by atoms with Crippen LogP contribution in [0.25, 0.3) is 10.9 Å². The molecule has 0 amide bonds. The van der Waals surface area contributed by atoms with Crippen molar-refractivity contribution in [2.24, 2.45) is 0 Å². The molecule has 0 N–H and O–H groups in total. The number of nitrogens with zero attached hydrogens (tertiary/aromatic N) is 2. The van der Waals surface area contributed by atoms with Crippen LogP contribution in [0, 0.1) is 5.82 Å². The van der Waals surface area contributed by atoms with E-state index < -0.39 is 0 Å². The number of thioether (sulfide) groups is 1. The van der Waals surface area contributed by atoms with Crippen LogP contribution in [0.5, 0.6) is 0 Å². The molecular weight excluding hydrogens is 227 g/mol. The summed E-state index contributed by atoms with van der Waals surface area (Å²) in [4.78, 5) is 0. The third-order valence-electron chi connectivity index (χ3n) is 2.79. The third kappa shape index (κ3) is 1.43. The third-order valence-corrected chi connectivity index (χ3v) is 3.48. The molecule has 3 nitrogen and oxygen atoms in total. The highest BCUT2D eigenvalue weighted by molar-refractivity contribution is 7.98. The zero-order valence-electron chi connectivity index (χ0n) is 8.81. The van der Waals surface area contributed by atoms with Gasteiger partial charge in [0.2, 0.25) is 0 Å². The van der Waals surface area contributed by atoms with Crippen LogP contribution in [0.1, 0.15) is 6.04 Å². The number of fused-ring (bicyclic) bond motifs is 1. The van der Waals surface area contributed by atoms with Crippen molar-refractivity contribution in [3.05, 3.63) is 24.0 Å². The summed E-state index contributed by atoms with van der Waals surface area (Å²) in [6.45, 7) is 1.39. The summed E-state index contributed by atoms with van der Waals surface area (Å²) in [6.07, 6.45) is 1.95. The molecule has 0 radical (unpaired) electrons. The van der Waals surface area contributed by atoms with Crippen molar-refractivity contribution in [2.45, 2.75) is 11.1 Å². The number of ether oxygens (including phenoxy) is 1. The minimum atomic E-state index is -0.216. The fraction of sp³-hybridized carbons (Fsp3) is 0.364. The smallest absolute Gasteiger partial charge is 0.126 e. The molecule has 16 heavy (non-hydrogen) atoms. The maximum absolute atomic E-state index is 13.2. The molecule has 1 aromatic carbocycles. The Labute approximate surface area is 96.6 Å². The Morgan fingerprint density at radius 3 is 2.94 bits per heavy atom. The molecular formula is C11H11FN2OS. The predicted octanol–water partition coefficient (Wildman–Crippen LogP) is 2.47. The van der Waals surface area contributed by atoms with E-state index >= 15 is 0 Å². The van der Waals surface area contributed by atoms with Gasteiger partial charge in [0.15, 0.2) is 0 Å². The average Bonchev–Trinajstić information content (AvgIpc) is 2.54. The molecule has 0 spiro atoms. The second-order valence-electron chi connectivity index (χ2n) is 3.81. The highest BCUT2D eigenvalue weighted by atomic mass is 32.2. The zero-order chi connectivity index (χ0) is 11.1. The SMILES string of the molecule is CSc1nn(C2COC2)c2ccc(F)cc12. The van der Waals surface area contributed by atoms with E-state index in [0.717, 1.165) is 15.9 Å². The lowest BCUT2D eigenvalue weighted by Crippen LogP contribution is -2.31. The number of benzene rings is 1. The number of rotatable bonds is 2. The fourth-order valence-corrected chi connectivity index (χ4v) is 2.43. The highest BCUT2D eigenvalue weighted by Crippen LogP contribution is 2.30. The summed E-state index contributed by atoms with van der Waals surface area (Å²) in [5, 5.41) is 6.27. The Kier molecular flexibility index (Phi) is 2.37. The lowest BCUT2D eigenvalue weighted by atomic mass is 10.2. The first-order valence-electron chi connectivity index (χ1n) is 5.09. The molecule has 2 aromatic rings. The van der Waals surface area contributed by atoms with E-state index in [1.54, 1.807) is 23.9 Å². The Hall–Kier alpha value is -1.07. The fourth-order valence-electron chi connectivity index (χ4n) is 1.88. The van der Waals surface area contributed by atoms with Crippen LogP contribution >= 0.6 is 11.8 Å². The van der Waals surface area contributed by atoms with Crippen molar-refractivity contribution in [3.63, 3.8) is 0 Å². The van der Waals surface area contributed by atoms with E-state index in [1.165, 1.54) is 6.07 Å². The second-order valence-corrected chi connectivity index (χ2v) is 4.60. The molecule has 0 unspecified atom stereocenters. The summed E-state index contributed by atoms with van der Waals surface area (Å²) >= 11 is 1.54. The highest BCUT2D eigenvalue weighted by Gasteiger charge is 2.24. The van der Waals surface area contributed by atoms with Gasteiger partial charge in [0.1, 0.15) is 10.8 Å². The van der Waals surface area contributed by atoms with Gasteiger partial charge in [0, 0.05) is 5.39 Å². The molecule has 3 rings (SSSR count). The first-order chi connectivity index (χ1) is 7.79. The number of hydrogen-bond donors (Lipinski definition) is 0. The maximum atomic E-state index is 13.2. The molecule has 5 heteroatoms. The van der Waals surface area contributed by atoms with E-state index in [9.17, 15) is 4.39 Å². The number of hydrogen-bond acceptors (Lipinski definition) is 3. The van der Waals surface area contributed by atoms with Crippen LogP contribution in [0.3, 0.4) is 0 Å². The molecule has 0 bridgehead atoms. The van der Waals surface area contributed by atoms with Gasteiger partial charge in [-0.2, -0.15) is 5.10 Å². The number of halogens is 1. The van der Waals surface area contributed by atoms with E-state index in [-0.39, 0.29) is 5.82 Å². The molecule has 1 aliphatic rings.